The summed E-state index contributed by atoms with van der Waals surface area (Å²) in [7, 11) is 4.30. The summed E-state index contributed by atoms with van der Waals surface area (Å²) < 4.78 is 29.6. The molecule has 2 aromatic carbocycles. The van der Waals surface area contributed by atoms with Gasteiger partial charge in [-0.15, -0.1) is 0 Å². The number of nitrogens with zero attached hydrogens (tertiary/aromatic N) is 2. The number of ether oxygens (including phenoxy) is 3. The van der Waals surface area contributed by atoms with Crippen molar-refractivity contribution in [3.63, 3.8) is 0 Å². The minimum atomic E-state index is -0.973. The summed E-state index contributed by atoms with van der Waals surface area (Å²) in [5, 5.41) is 9.68. The third kappa shape index (κ3) is 2.43. The highest BCUT2D eigenvalue weighted by Gasteiger charge is 2.42. The van der Waals surface area contributed by atoms with E-state index in [-0.39, 0.29) is 22.7 Å². The second-order valence-corrected chi connectivity index (χ2v) is 5.29. The number of carbonyl (C=O) groups excluding carboxylic acids is 1. The summed E-state index contributed by atoms with van der Waals surface area (Å²) in [5.74, 6) is -0.0933. The molecule has 25 heavy (non-hydrogen) atoms. The van der Waals surface area contributed by atoms with Gasteiger partial charge in [0.1, 0.15) is 5.82 Å². The van der Waals surface area contributed by atoms with Gasteiger partial charge in [-0.25, -0.2) is 4.39 Å². The molecule has 0 spiro atoms. The Labute approximate surface area is 143 Å². The first-order valence-corrected chi connectivity index (χ1v) is 7.39. The van der Waals surface area contributed by atoms with Gasteiger partial charge in [0.25, 0.3) is 5.91 Å². The van der Waals surface area contributed by atoms with E-state index in [4.69, 9.17) is 14.2 Å². The first-order chi connectivity index (χ1) is 12.1. The molecular weight excluding hydrogens is 327 g/mol. The van der Waals surface area contributed by atoms with E-state index in [0.717, 1.165) is 0 Å². The number of anilines is 1. The highest BCUT2D eigenvalue weighted by Crippen LogP contribution is 2.50. The number of amides is 1. The van der Waals surface area contributed by atoms with Crippen LogP contribution in [0, 0.1) is 17.1 Å². The number of nitriles is 1. The van der Waals surface area contributed by atoms with Crippen molar-refractivity contribution in [1.82, 2.24) is 0 Å². The van der Waals surface area contributed by atoms with Crippen LogP contribution in [0.1, 0.15) is 22.0 Å². The molecule has 0 fully saturated rings. The van der Waals surface area contributed by atoms with Gasteiger partial charge in [-0.1, -0.05) is 6.07 Å². The van der Waals surface area contributed by atoms with E-state index < -0.39 is 17.8 Å². The Bertz CT molecular complexity index is 891. The first kappa shape index (κ1) is 16.6. The molecular formula is C18H15FN2O4. The van der Waals surface area contributed by atoms with Gasteiger partial charge < -0.3 is 14.2 Å². The fourth-order valence-electron chi connectivity index (χ4n) is 3.02. The topological polar surface area (TPSA) is 71.8 Å². The smallest absolute Gasteiger partial charge is 0.260 e. The summed E-state index contributed by atoms with van der Waals surface area (Å²) in [6.45, 7) is 0. The normalized spacial score (nSPS) is 15.6. The van der Waals surface area contributed by atoms with Crippen molar-refractivity contribution in [2.45, 2.75) is 6.04 Å². The second-order valence-electron chi connectivity index (χ2n) is 5.29. The maximum absolute atomic E-state index is 13.6. The van der Waals surface area contributed by atoms with E-state index >= 15 is 0 Å². The maximum atomic E-state index is 13.6. The molecule has 0 aromatic heterocycles. The molecule has 2 aromatic rings. The van der Waals surface area contributed by atoms with Crippen molar-refractivity contribution in [3.05, 3.63) is 47.3 Å². The fourth-order valence-corrected chi connectivity index (χ4v) is 3.02. The molecule has 1 aliphatic rings. The van der Waals surface area contributed by atoms with Gasteiger partial charge in [-0.2, -0.15) is 5.26 Å². The number of fused-ring (bicyclic) bond motifs is 1. The predicted molar refractivity (Wildman–Crippen MR) is 87.7 cm³/mol. The Morgan fingerprint density at radius 2 is 1.84 bits per heavy atom. The third-order valence-electron chi connectivity index (χ3n) is 4.06. The maximum Gasteiger partial charge on any atom is 0.260 e. The van der Waals surface area contributed by atoms with Crippen molar-refractivity contribution < 1.29 is 23.4 Å². The molecule has 0 bridgehead atoms. The fraction of sp³-hybridized carbons (Fsp3) is 0.222. The molecule has 3 rings (SSSR count). The molecule has 1 atom stereocenters. The molecule has 0 N–H and O–H groups in total. The lowest BCUT2D eigenvalue weighted by Gasteiger charge is -2.21. The van der Waals surface area contributed by atoms with Crippen LogP contribution in [-0.4, -0.2) is 27.2 Å². The lowest BCUT2D eigenvalue weighted by atomic mass is 10.0. The van der Waals surface area contributed by atoms with Gasteiger partial charge >= 0.3 is 0 Å². The van der Waals surface area contributed by atoms with Gasteiger partial charge in [0.2, 0.25) is 5.75 Å². The van der Waals surface area contributed by atoms with Crippen molar-refractivity contribution >= 4 is 11.6 Å². The van der Waals surface area contributed by atoms with Crippen LogP contribution < -0.4 is 19.1 Å². The Kier molecular flexibility index (Phi) is 4.19. The SMILES string of the molecule is COc1cc2c(c(OC)c1OC)C(C#N)N(c1cccc(F)c1)C2=O. The average molecular weight is 342 g/mol. The largest absolute Gasteiger partial charge is 0.493 e. The lowest BCUT2D eigenvalue weighted by Crippen LogP contribution is -2.27. The Morgan fingerprint density at radius 3 is 2.40 bits per heavy atom. The summed E-state index contributed by atoms with van der Waals surface area (Å²) >= 11 is 0. The van der Waals surface area contributed by atoms with Crippen molar-refractivity contribution in [2.24, 2.45) is 0 Å². The predicted octanol–water partition coefficient (Wildman–Crippen LogP) is 3.08. The van der Waals surface area contributed by atoms with Crippen LogP contribution in [0.15, 0.2) is 30.3 Å². The van der Waals surface area contributed by atoms with E-state index in [0.29, 0.717) is 11.3 Å². The molecule has 1 aliphatic heterocycles. The zero-order valence-electron chi connectivity index (χ0n) is 13.9. The quantitative estimate of drug-likeness (QED) is 0.854. The van der Waals surface area contributed by atoms with Gasteiger partial charge in [-0.3, -0.25) is 9.69 Å². The number of hydrogen-bond acceptors (Lipinski definition) is 5. The summed E-state index contributed by atoms with van der Waals surface area (Å²) in [6.07, 6.45) is 0. The van der Waals surface area contributed by atoms with Crippen molar-refractivity contribution in [3.8, 4) is 23.3 Å². The molecule has 1 unspecified atom stereocenters. The second kappa shape index (κ2) is 6.32. The molecule has 1 amide bonds. The number of benzene rings is 2. The average Bonchev–Trinajstić information content (AvgIpc) is 2.91. The standard InChI is InChI=1S/C18H15FN2O4/c1-23-14-8-12-15(17(25-3)16(14)24-2)13(9-20)21(18(12)22)11-6-4-5-10(19)7-11/h4-8,13H,1-3H3. The lowest BCUT2D eigenvalue weighted by molar-refractivity contribution is 0.0994. The van der Waals surface area contributed by atoms with E-state index in [2.05, 4.69) is 6.07 Å². The summed E-state index contributed by atoms with van der Waals surface area (Å²) in [6, 6.07) is 8.14. The summed E-state index contributed by atoms with van der Waals surface area (Å²) in [4.78, 5) is 14.1. The van der Waals surface area contributed by atoms with Crippen LogP contribution in [0.3, 0.4) is 0 Å². The van der Waals surface area contributed by atoms with Crippen LogP contribution in [0.5, 0.6) is 17.2 Å². The highest BCUT2D eigenvalue weighted by molar-refractivity contribution is 6.12. The van der Waals surface area contributed by atoms with Gasteiger partial charge in [0.05, 0.1) is 33.0 Å². The van der Waals surface area contributed by atoms with Gasteiger partial charge in [-0.05, 0) is 24.3 Å². The van der Waals surface area contributed by atoms with Gasteiger partial charge in [0.15, 0.2) is 17.5 Å². The van der Waals surface area contributed by atoms with E-state index in [1.807, 2.05) is 0 Å². The van der Waals surface area contributed by atoms with Crippen LogP contribution in [0.25, 0.3) is 0 Å². The van der Waals surface area contributed by atoms with Gasteiger partial charge in [0, 0.05) is 11.3 Å². The molecule has 6 nitrogen and oxygen atoms in total. The number of hydrogen-bond donors (Lipinski definition) is 0. The molecule has 0 aliphatic carbocycles. The van der Waals surface area contributed by atoms with Crippen LogP contribution >= 0.6 is 0 Å². The highest BCUT2D eigenvalue weighted by atomic mass is 19.1. The zero-order valence-corrected chi connectivity index (χ0v) is 13.9. The zero-order chi connectivity index (χ0) is 18.1. The van der Waals surface area contributed by atoms with Crippen LogP contribution in [0.4, 0.5) is 10.1 Å². The number of methoxy groups -OCH3 is 3. The minimum absolute atomic E-state index is 0.246. The number of halogens is 1. The molecule has 1 heterocycles. The summed E-state index contributed by atoms with van der Waals surface area (Å²) in [5.41, 5.74) is 0.912. The van der Waals surface area contributed by atoms with E-state index in [1.54, 1.807) is 6.07 Å². The number of rotatable bonds is 4. The molecule has 128 valence electrons. The van der Waals surface area contributed by atoms with Crippen molar-refractivity contribution in [2.75, 3.05) is 26.2 Å². The number of carbonyl (C=O) groups is 1. The molecule has 0 saturated carbocycles. The molecule has 0 saturated heterocycles. The Morgan fingerprint density at radius 1 is 1.12 bits per heavy atom. The van der Waals surface area contributed by atoms with Crippen LogP contribution in [0.2, 0.25) is 0 Å². The van der Waals surface area contributed by atoms with E-state index in [9.17, 15) is 14.4 Å². The van der Waals surface area contributed by atoms with E-state index in [1.165, 1.54) is 50.5 Å². The first-order valence-electron chi connectivity index (χ1n) is 7.39. The third-order valence-corrected chi connectivity index (χ3v) is 4.06. The molecule has 7 heteroatoms. The van der Waals surface area contributed by atoms with Crippen molar-refractivity contribution in [1.29, 1.82) is 5.26 Å². The monoisotopic (exact) mass is 342 g/mol. The minimum Gasteiger partial charge on any atom is -0.493 e. The Hall–Kier alpha value is -3.27. The molecule has 0 radical (unpaired) electrons. The van der Waals surface area contributed by atoms with Crippen LogP contribution in [-0.2, 0) is 0 Å². The Balaban J connectivity index is 2.26.